The number of thiophene rings is 1. The standard InChI is InChI=1S/C10H10O2S/c1-6-3-7-5-9(12-2)13-10(7)8(11)4-6/h3-5,11H,1-2H3. The van der Waals surface area contributed by atoms with Gasteiger partial charge in [0.15, 0.2) is 5.06 Å². The number of hydrogen-bond acceptors (Lipinski definition) is 3. The molecule has 0 bridgehead atoms. The van der Waals surface area contributed by atoms with E-state index in [2.05, 4.69) is 0 Å². The molecule has 0 aliphatic carbocycles. The van der Waals surface area contributed by atoms with Crippen LogP contribution in [0, 0.1) is 6.92 Å². The molecule has 1 N–H and O–H groups in total. The van der Waals surface area contributed by atoms with Crippen molar-refractivity contribution in [2.75, 3.05) is 7.11 Å². The van der Waals surface area contributed by atoms with Gasteiger partial charge in [0, 0.05) is 5.39 Å². The number of aromatic hydroxyl groups is 1. The Balaban J connectivity index is 2.75. The van der Waals surface area contributed by atoms with Crippen LogP contribution in [0.25, 0.3) is 10.1 Å². The molecule has 0 saturated heterocycles. The number of fused-ring (bicyclic) bond motifs is 1. The van der Waals surface area contributed by atoms with Crippen molar-refractivity contribution < 1.29 is 9.84 Å². The molecule has 2 aromatic rings. The minimum atomic E-state index is 0.336. The predicted octanol–water partition coefficient (Wildman–Crippen LogP) is 2.92. The molecular formula is C10H10O2S. The van der Waals surface area contributed by atoms with Crippen LogP contribution in [0.2, 0.25) is 0 Å². The van der Waals surface area contributed by atoms with E-state index in [9.17, 15) is 5.11 Å². The molecule has 0 radical (unpaired) electrons. The Morgan fingerprint density at radius 3 is 2.77 bits per heavy atom. The Morgan fingerprint density at radius 1 is 1.31 bits per heavy atom. The Morgan fingerprint density at radius 2 is 2.08 bits per heavy atom. The van der Waals surface area contributed by atoms with Gasteiger partial charge in [0.05, 0.1) is 11.8 Å². The first kappa shape index (κ1) is 8.38. The highest BCUT2D eigenvalue weighted by Gasteiger charge is 2.06. The van der Waals surface area contributed by atoms with E-state index >= 15 is 0 Å². The molecule has 0 amide bonds. The van der Waals surface area contributed by atoms with E-state index in [1.807, 2.05) is 19.1 Å². The number of methoxy groups -OCH3 is 1. The van der Waals surface area contributed by atoms with E-state index in [-0.39, 0.29) is 0 Å². The molecule has 0 atom stereocenters. The first-order valence-corrected chi connectivity index (χ1v) is 4.79. The van der Waals surface area contributed by atoms with Crippen molar-refractivity contribution in [2.24, 2.45) is 0 Å². The summed E-state index contributed by atoms with van der Waals surface area (Å²) in [6.07, 6.45) is 0. The van der Waals surface area contributed by atoms with Crippen LogP contribution in [0.4, 0.5) is 0 Å². The summed E-state index contributed by atoms with van der Waals surface area (Å²) in [7, 11) is 1.63. The number of benzene rings is 1. The average molecular weight is 194 g/mol. The summed E-state index contributed by atoms with van der Waals surface area (Å²) in [4.78, 5) is 0. The van der Waals surface area contributed by atoms with Gasteiger partial charge >= 0.3 is 0 Å². The van der Waals surface area contributed by atoms with Gasteiger partial charge in [0.25, 0.3) is 0 Å². The minimum absolute atomic E-state index is 0.336. The lowest BCUT2D eigenvalue weighted by Crippen LogP contribution is -1.73. The fraction of sp³-hybridized carbons (Fsp3) is 0.200. The smallest absolute Gasteiger partial charge is 0.174 e. The fourth-order valence-electron chi connectivity index (χ4n) is 1.36. The molecular weight excluding hydrogens is 184 g/mol. The van der Waals surface area contributed by atoms with Gasteiger partial charge in [0.2, 0.25) is 0 Å². The second-order valence-corrected chi connectivity index (χ2v) is 3.99. The molecule has 0 spiro atoms. The Bertz CT molecular complexity index is 445. The van der Waals surface area contributed by atoms with Crippen LogP contribution in [-0.2, 0) is 0 Å². The topological polar surface area (TPSA) is 29.5 Å². The lowest BCUT2D eigenvalue weighted by Gasteiger charge is -1.95. The average Bonchev–Trinajstić information content (AvgIpc) is 2.47. The lowest BCUT2D eigenvalue weighted by atomic mass is 10.2. The zero-order valence-electron chi connectivity index (χ0n) is 7.50. The third kappa shape index (κ3) is 1.35. The zero-order valence-corrected chi connectivity index (χ0v) is 8.31. The van der Waals surface area contributed by atoms with E-state index in [1.54, 1.807) is 13.2 Å². The molecule has 1 aromatic carbocycles. The summed E-state index contributed by atoms with van der Waals surface area (Å²) < 4.78 is 5.99. The van der Waals surface area contributed by atoms with Crippen molar-refractivity contribution in [1.29, 1.82) is 0 Å². The van der Waals surface area contributed by atoms with Crippen molar-refractivity contribution >= 4 is 21.4 Å². The monoisotopic (exact) mass is 194 g/mol. The molecule has 13 heavy (non-hydrogen) atoms. The summed E-state index contributed by atoms with van der Waals surface area (Å²) >= 11 is 1.46. The molecule has 0 aliphatic rings. The normalized spacial score (nSPS) is 10.6. The third-order valence-corrected chi connectivity index (χ3v) is 3.05. The molecule has 0 fully saturated rings. The van der Waals surface area contributed by atoms with E-state index in [0.29, 0.717) is 5.75 Å². The second kappa shape index (κ2) is 2.92. The molecule has 0 unspecified atom stereocenters. The Hall–Kier alpha value is -1.22. The van der Waals surface area contributed by atoms with E-state index in [4.69, 9.17) is 4.74 Å². The maximum atomic E-state index is 9.62. The van der Waals surface area contributed by atoms with Crippen LogP contribution in [0.3, 0.4) is 0 Å². The largest absolute Gasteiger partial charge is 0.506 e. The second-order valence-electron chi connectivity index (χ2n) is 2.97. The number of phenolic OH excluding ortho intramolecular Hbond substituents is 1. The summed E-state index contributed by atoms with van der Waals surface area (Å²) in [5.41, 5.74) is 1.06. The van der Waals surface area contributed by atoms with Crippen LogP contribution in [0.1, 0.15) is 5.56 Å². The number of rotatable bonds is 1. The van der Waals surface area contributed by atoms with Gasteiger partial charge < -0.3 is 9.84 Å². The van der Waals surface area contributed by atoms with Crippen molar-refractivity contribution in [3.05, 3.63) is 23.8 Å². The van der Waals surface area contributed by atoms with Crippen LogP contribution >= 0.6 is 11.3 Å². The number of phenols is 1. The third-order valence-electron chi connectivity index (χ3n) is 1.92. The predicted molar refractivity (Wildman–Crippen MR) is 54.8 cm³/mol. The van der Waals surface area contributed by atoms with Gasteiger partial charge in [-0.25, -0.2) is 0 Å². The van der Waals surface area contributed by atoms with Crippen molar-refractivity contribution in [1.82, 2.24) is 0 Å². The molecule has 1 heterocycles. The van der Waals surface area contributed by atoms with Gasteiger partial charge in [0.1, 0.15) is 5.75 Å². The highest BCUT2D eigenvalue weighted by molar-refractivity contribution is 7.21. The van der Waals surface area contributed by atoms with E-state index in [0.717, 1.165) is 20.7 Å². The zero-order chi connectivity index (χ0) is 9.42. The van der Waals surface area contributed by atoms with Crippen molar-refractivity contribution in [3.63, 3.8) is 0 Å². The summed E-state index contributed by atoms with van der Waals surface area (Å²) in [5, 5.41) is 11.5. The maximum absolute atomic E-state index is 9.62. The van der Waals surface area contributed by atoms with Crippen molar-refractivity contribution in [2.45, 2.75) is 6.92 Å². The van der Waals surface area contributed by atoms with Gasteiger partial charge in [-0.1, -0.05) is 17.4 Å². The fourth-order valence-corrected chi connectivity index (χ4v) is 2.23. The van der Waals surface area contributed by atoms with Crippen LogP contribution in [0.15, 0.2) is 18.2 Å². The van der Waals surface area contributed by atoms with Crippen LogP contribution < -0.4 is 4.74 Å². The number of ether oxygens (including phenoxy) is 1. The summed E-state index contributed by atoms with van der Waals surface area (Å²) in [6, 6.07) is 5.74. The molecule has 68 valence electrons. The quantitative estimate of drug-likeness (QED) is 0.756. The number of aryl methyl sites for hydroxylation is 1. The first-order valence-electron chi connectivity index (χ1n) is 3.98. The highest BCUT2D eigenvalue weighted by Crippen LogP contribution is 2.37. The Labute approximate surface area is 80.4 Å². The molecule has 3 heteroatoms. The van der Waals surface area contributed by atoms with E-state index in [1.165, 1.54) is 11.3 Å². The van der Waals surface area contributed by atoms with Crippen LogP contribution in [-0.4, -0.2) is 12.2 Å². The molecule has 0 aliphatic heterocycles. The lowest BCUT2D eigenvalue weighted by molar-refractivity contribution is 0.427. The molecule has 2 rings (SSSR count). The SMILES string of the molecule is COc1cc2cc(C)cc(O)c2s1. The number of hydrogen-bond donors (Lipinski definition) is 1. The minimum Gasteiger partial charge on any atom is -0.506 e. The van der Waals surface area contributed by atoms with Crippen molar-refractivity contribution in [3.8, 4) is 10.8 Å². The highest BCUT2D eigenvalue weighted by atomic mass is 32.1. The van der Waals surface area contributed by atoms with Gasteiger partial charge in [-0.15, -0.1) is 0 Å². The van der Waals surface area contributed by atoms with Crippen LogP contribution in [0.5, 0.6) is 10.8 Å². The molecule has 0 saturated carbocycles. The van der Waals surface area contributed by atoms with Gasteiger partial charge in [-0.2, -0.15) is 0 Å². The van der Waals surface area contributed by atoms with E-state index < -0.39 is 0 Å². The summed E-state index contributed by atoms with van der Waals surface area (Å²) in [6.45, 7) is 1.96. The maximum Gasteiger partial charge on any atom is 0.174 e. The van der Waals surface area contributed by atoms with Gasteiger partial charge in [-0.05, 0) is 24.6 Å². The van der Waals surface area contributed by atoms with Gasteiger partial charge in [-0.3, -0.25) is 0 Å². The first-order chi connectivity index (χ1) is 6.20. The Kier molecular flexibility index (Phi) is 1.88. The molecule has 1 aromatic heterocycles. The summed E-state index contributed by atoms with van der Waals surface area (Å²) in [5.74, 6) is 0.336. The molecule has 2 nitrogen and oxygen atoms in total.